The third-order valence-corrected chi connectivity index (χ3v) is 4.31. The van der Waals surface area contributed by atoms with Crippen LogP contribution in [0.15, 0.2) is 17.5 Å². The van der Waals surface area contributed by atoms with E-state index in [0.29, 0.717) is 5.56 Å². The van der Waals surface area contributed by atoms with Crippen molar-refractivity contribution in [3.8, 4) is 0 Å². The van der Waals surface area contributed by atoms with Crippen LogP contribution in [0.5, 0.6) is 0 Å². The minimum atomic E-state index is -0.203. The van der Waals surface area contributed by atoms with Crippen molar-refractivity contribution in [3.05, 3.63) is 32.5 Å². The normalized spacial score (nSPS) is 11.0. The summed E-state index contributed by atoms with van der Waals surface area (Å²) in [6.07, 6.45) is 0. The number of hydrogen-bond donors (Lipinski definition) is 0. The molecule has 0 bridgehead atoms. The Bertz CT molecular complexity index is 452. The second-order valence-electron chi connectivity index (χ2n) is 2.62. The molecule has 0 N–H and O–H groups in total. The Morgan fingerprint density at radius 2 is 2.31 bits per heavy atom. The van der Waals surface area contributed by atoms with E-state index < -0.39 is 0 Å². The number of fused-ring (bicyclic) bond motifs is 1. The van der Waals surface area contributed by atoms with Gasteiger partial charge in [0.25, 0.3) is 0 Å². The monoisotopic (exact) mass is 326 g/mol. The van der Waals surface area contributed by atoms with Crippen LogP contribution in [0.25, 0.3) is 10.1 Å². The zero-order valence-electron chi connectivity index (χ0n) is 6.48. The van der Waals surface area contributed by atoms with Gasteiger partial charge >= 0.3 is 0 Å². The molecule has 13 heavy (non-hydrogen) atoms. The largest absolute Gasteiger partial charge is 0.207 e. The predicted octanol–water partition coefficient (Wildman–Crippen LogP) is 4.38. The van der Waals surface area contributed by atoms with Crippen LogP contribution < -0.4 is 0 Å². The van der Waals surface area contributed by atoms with Crippen LogP contribution in [0.4, 0.5) is 4.39 Å². The molecule has 0 aliphatic rings. The van der Waals surface area contributed by atoms with Gasteiger partial charge in [-0.05, 0) is 40.1 Å². The molecule has 1 aromatic carbocycles. The second kappa shape index (κ2) is 3.71. The lowest BCUT2D eigenvalue weighted by Crippen LogP contribution is -1.88. The quantitative estimate of drug-likeness (QED) is 0.539. The molecule has 0 nitrogen and oxygen atoms in total. The Morgan fingerprint density at radius 1 is 1.54 bits per heavy atom. The summed E-state index contributed by atoms with van der Waals surface area (Å²) < 4.78 is 15.4. The lowest BCUT2D eigenvalue weighted by molar-refractivity contribution is 0.619. The second-order valence-corrected chi connectivity index (χ2v) is 4.96. The molecule has 1 heterocycles. The van der Waals surface area contributed by atoms with Crippen LogP contribution in [0.1, 0.15) is 5.56 Å². The number of thiophene rings is 1. The number of hydrogen-bond acceptors (Lipinski definition) is 1. The molecule has 4 heteroatoms. The molecule has 0 saturated heterocycles. The Labute approximate surface area is 97.8 Å². The molecule has 0 atom stereocenters. The SMILES string of the molecule is Fc1cc(I)c2sccc2c1CCl. The fraction of sp³-hybridized carbons (Fsp3) is 0.111. The van der Waals surface area contributed by atoms with Gasteiger partial charge in [0.05, 0.1) is 5.88 Å². The molecule has 0 aliphatic carbocycles. The number of alkyl halides is 1. The number of benzene rings is 1. The summed E-state index contributed by atoms with van der Waals surface area (Å²) in [4.78, 5) is 0. The number of rotatable bonds is 1. The topological polar surface area (TPSA) is 0 Å². The lowest BCUT2D eigenvalue weighted by Gasteiger charge is -2.02. The molecule has 0 aliphatic heterocycles. The van der Waals surface area contributed by atoms with E-state index in [1.54, 1.807) is 11.3 Å². The van der Waals surface area contributed by atoms with Crippen LogP contribution in [0, 0.1) is 9.39 Å². The Hall–Kier alpha value is 0.130. The van der Waals surface area contributed by atoms with Crippen LogP contribution in [0.3, 0.4) is 0 Å². The highest BCUT2D eigenvalue weighted by atomic mass is 127. The van der Waals surface area contributed by atoms with Crippen molar-refractivity contribution in [1.29, 1.82) is 0 Å². The molecule has 0 spiro atoms. The molecular formula is C9H5ClFIS. The van der Waals surface area contributed by atoms with Gasteiger partial charge in [-0.1, -0.05) is 0 Å². The molecule has 0 saturated carbocycles. The molecule has 0 radical (unpaired) electrons. The zero-order chi connectivity index (χ0) is 9.42. The Kier molecular flexibility index (Phi) is 2.76. The third kappa shape index (κ3) is 1.57. The van der Waals surface area contributed by atoms with Crippen molar-refractivity contribution in [2.75, 3.05) is 0 Å². The summed E-state index contributed by atoms with van der Waals surface area (Å²) in [5, 5.41) is 2.91. The van der Waals surface area contributed by atoms with E-state index in [-0.39, 0.29) is 11.7 Å². The molecule has 0 unspecified atom stereocenters. The molecule has 0 fully saturated rings. The molecule has 2 aromatic rings. The van der Waals surface area contributed by atoms with E-state index in [1.807, 2.05) is 11.4 Å². The number of halogens is 3. The maximum atomic E-state index is 13.4. The molecule has 68 valence electrons. The van der Waals surface area contributed by atoms with E-state index in [2.05, 4.69) is 22.6 Å². The van der Waals surface area contributed by atoms with Crippen molar-refractivity contribution >= 4 is 55.6 Å². The summed E-state index contributed by atoms with van der Waals surface area (Å²) in [6, 6.07) is 3.46. The third-order valence-electron chi connectivity index (χ3n) is 1.88. The summed E-state index contributed by atoms with van der Waals surface area (Å²) in [5.41, 5.74) is 0.610. The van der Waals surface area contributed by atoms with Crippen molar-refractivity contribution < 1.29 is 4.39 Å². The van der Waals surface area contributed by atoms with E-state index in [1.165, 1.54) is 6.07 Å². The van der Waals surface area contributed by atoms with Gasteiger partial charge in [0, 0.05) is 19.2 Å². The summed E-state index contributed by atoms with van der Waals surface area (Å²) in [7, 11) is 0. The summed E-state index contributed by atoms with van der Waals surface area (Å²) in [5.74, 6) is 0.0287. The fourth-order valence-corrected chi connectivity index (χ4v) is 3.31. The fourth-order valence-electron chi connectivity index (χ4n) is 1.26. The van der Waals surface area contributed by atoms with Gasteiger partial charge in [-0.3, -0.25) is 0 Å². The average Bonchev–Trinajstić information content (AvgIpc) is 2.53. The highest BCUT2D eigenvalue weighted by Crippen LogP contribution is 2.31. The molecular weight excluding hydrogens is 322 g/mol. The minimum Gasteiger partial charge on any atom is -0.207 e. The zero-order valence-corrected chi connectivity index (χ0v) is 10.2. The molecule has 0 amide bonds. The Balaban J connectivity index is 2.88. The predicted molar refractivity (Wildman–Crippen MR) is 64.1 cm³/mol. The van der Waals surface area contributed by atoms with Crippen molar-refractivity contribution in [1.82, 2.24) is 0 Å². The smallest absolute Gasteiger partial charge is 0.129 e. The first-order chi connectivity index (χ1) is 6.24. The lowest BCUT2D eigenvalue weighted by atomic mass is 10.1. The highest BCUT2D eigenvalue weighted by molar-refractivity contribution is 14.1. The van der Waals surface area contributed by atoms with Gasteiger partial charge in [0.15, 0.2) is 0 Å². The highest BCUT2D eigenvalue weighted by Gasteiger charge is 2.10. The van der Waals surface area contributed by atoms with Gasteiger partial charge in [0.1, 0.15) is 5.82 Å². The summed E-state index contributed by atoms with van der Waals surface area (Å²) in [6.45, 7) is 0. The van der Waals surface area contributed by atoms with Crippen LogP contribution in [-0.4, -0.2) is 0 Å². The Morgan fingerprint density at radius 3 is 3.00 bits per heavy atom. The van der Waals surface area contributed by atoms with Crippen molar-refractivity contribution in [2.45, 2.75) is 5.88 Å². The van der Waals surface area contributed by atoms with E-state index >= 15 is 0 Å². The first kappa shape index (κ1) is 9.68. The van der Waals surface area contributed by atoms with Gasteiger partial charge < -0.3 is 0 Å². The van der Waals surface area contributed by atoms with Crippen LogP contribution in [-0.2, 0) is 5.88 Å². The minimum absolute atomic E-state index is 0.203. The van der Waals surface area contributed by atoms with E-state index in [0.717, 1.165) is 13.7 Å². The van der Waals surface area contributed by atoms with Crippen molar-refractivity contribution in [3.63, 3.8) is 0 Å². The van der Waals surface area contributed by atoms with Gasteiger partial charge in [-0.2, -0.15) is 0 Å². The van der Waals surface area contributed by atoms with Gasteiger partial charge in [-0.25, -0.2) is 4.39 Å². The maximum absolute atomic E-state index is 13.4. The average molecular weight is 327 g/mol. The molecule has 1 aromatic heterocycles. The van der Waals surface area contributed by atoms with Gasteiger partial charge in [-0.15, -0.1) is 22.9 Å². The first-order valence-corrected chi connectivity index (χ1v) is 6.13. The maximum Gasteiger partial charge on any atom is 0.129 e. The first-order valence-electron chi connectivity index (χ1n) is 3.64. The van der Waals surface area contributed by atoms with Crippen LogP contribution in [0.2, 0.25) is 0 Å². The summed E-state index contributed by atoms with van der Waals surface area (Å²) >= 11 is 9.44. The van der Waals surface area contributed by atoms with E-state index in [4.69, 9.17) is 11.6 Å². The van der Waals surface area contributed by atoms with Gasteiger partial charge in [0.2, 0.25) is 0 Å². The standard InChI is InChI=1S/C9H5ClFIS/c10-4-6-5-1-2-13-9(5)8(12)3-7(6)11/h1-3H,4H2. The van der Waals surface area contributed by atoms with Crippen molar-refractivity contribution in [2.24, 2.45) is 0 Å². The van der Waals surface area contributed by atoms with Crippen LogP contribution >= 0.6 is 45.5 Å². The van der Waals surface area contributed by atoms with E-state index in [9.17, 15) is 4.39 Å². The molecule has 2 rings (SSSR count).